The minimum atomic E-state index is -4.41. The van der Waals surface area contributed by atoms with Gasteiger partial charge in [0.25, 0.3) is 10.1 Å². The number of nitrogens with one attached hydrogen (secondary N) is 1. The fourth-order valence-electron chi connectivity index (χ4n) is 1.69. The molecule has 6 nitrogen and oxygen atoms in total. The number of fused-ring (bicyclic) bond motifs is 1. The third-order valence-electron chi connectivity index (χ3n) is 2.41. The van der Waals surface area contributed by atoms with E-state index in [9.17, 15) is 13.5 Å². The Morgan fingerprint density at radius 2 is 1.76 bits per heavy atom. The fourth-order valence-corrected chi connectivity index (χ4v) is 2.41. The van der Waals surface area contributed by atoms with Gasteiger partial charge in [-0.15, -0.1) is 0 Å². The summed E-state index contributed by atoms with van der Waals surface area (Å²) in [4.78, 5) is -0.357. The van der Waals surface area contributed by atoms with Gasteiger partial charge in [-0.25, -0.2) is 0 Å². The van der Waals surface area contributed by atoms with Crippen LogP contribution in [0.5, 0.6) is 5.75 Å². The molecule has 0 fully saturated rings. The number of benzene rings is 2. The summed E-state index contributed by atoms with van der Waals surface area (Å²) in [6.45, 7) is 0. The van der Waals surface area contributed by atoms with Crippen LogP contribution in [0.3, 0.4) is 0 Å². The molecule has 17 heavy (non-hydrogen) atoms. The van der Waals surface area contributed by atoms with Gasteiger partial charge < -0.3 is 10.5 Å². The minimum Gasteiger partial charge on any atom is -0.506 e. The number of hydrazine groups is 1. The highest BCUT2D eigenvalue weighted by molar-refractivity contribution is 7.86. The summed E-state index contributed by atoms with van der Waals surface area (Å²) in [5, 5.41) is 10.3. The Hall–Kier alpha value is -1.83. The van der Waals surface area contributed by atoms with Gasteiger partial charge in [0.15, 0.2) is 0 Å². The average Bonchev–Trinajstić information content (AvgIpc) is 2.27. The molecule has 0 aliphatic rings. The highest BCUT2D eigenvalue weighted by Gasteiger charge is 2.18. The summed E-state index contributed by atoms with van der Waals surface area (Å²) in [7, 11) is -4.41. The molecule has 0 aliphatic carbocycles. The van der Waals surface area contributed by atoms with Crippen LogP contribution in [0.2, 0.25) is 0 Å². The van der Waals surface area contributed by atoms with Crippen molar-refractivity contribution in [3.63, 3.8) is 0 Å². The van der Waals surface area contributed by atoms with Gasteiger partial charge in [0.2, 0.25) is 0 Å². The van der Waals surface area contributed by atoms with Gasteiger partial charge in [-0.3, -0.25) is 10.4 Å². The number of aromatic hydroxyl groups is 1. The number of hydrogen-bond donors (Lipinski definition) is 4. The lowest BCUT2D eigenvalue weighted by atomic mass is 10.1. The molecule has 0 saturated carbocycles. The van der Waals surface area contributed by atoms with E-state index >= 15 is 0 Å². The van der Waals surface area contributed by atoms with Gasteiger partial charge in [-0.1, -0.05) is 24.3 Å². The highest BCUT2D eigenvalue weighted by atomic mass is 32.2. The Morgan fingerprint density at radius 1 is 1.18 bits per heavy atom. The molecule has 0 heterocycles. The van der Waals surface area contributed by atoms with Crippen molar-refractivity contribution in [2.45, 2.75) is 4.90 Å². The minimum absolute atomic E-state index is 0.202. The number of nitrogens with two attached hydrogens (primary N) is 1. The molecule has 0 bridgehead atoms. The van der Waals surface area contributed by atoms with Crippen LogP contribution < -0.4 is 11.3 Å². The van der Waals surface area contributed by atoms with Crippen LogP contribution in [0.1, 0.15) is 0 Å². The molecule has 0 spiro atoms. The molecule has 5 N–H and O–H groups in total. The number of phenols is 1. The quantitative estimate of drug-likeness (QED) is 0.276. The number of hydrogen-bond acceptors (Lipinski definition) is 5. The predicted octanol–water partition coefficient (Wildman–Crippen LogP) is 1.08. The number of nitrogen functional groups attached to an aromatic ring is 1. The number of rotatable bonds is 2. The topological polar surface area (TPSA) is 113 Å². The zero-order valence-corrected chi connectivity index (χ0v) is 9.40. The van der Waals surface area contributed by atoms with Crippen LogP contribution in [-0.4, -0.2) is 18.1 Å². The molecule has 0 saturated heterocycles. The third-order valence-corrected chi connectivity index (χ3v) is 3.30. The number of phenolic OH excluding ortho intramolecular Hbond substituents is 1. The summed E-state index contributed by atoms with van der Waals surface area (Å²) in [5.74, 6) is 4.91. The molecule has 7 heteroatoms. The Balaban J connectivity index is 2.99. The van der Waals surface area contributed by atoms with Gasteiger partial charge >= 0.3 is 0 Å². The van der Waals surface area contributed by atoms with Gasteiger partial charge in [0.05, 0.1) is 5.69 Å². The lowest BCUT2D eigenvalue weighted by Gasteiger charge is -2.11. The maximum Gasteiger partial charge on any atom is 0.295 e. The number of anilines is 1. The molecule has 2 aromatic carbocycles. The van der Waals surface area contributed by atoms with Crippen molar-refractivity contribution < 1.29 is 18.1 Å². The van der Waals surface area contributed by atoms with Crippen molar-refractivity contribution in [1.82, 2.24) is 0 Å². The van der Waals surface area contributed by atoms with E-state index in [0.717, 1.165) is 6.07 Å². The maximum atomic E-state index is 11.2. The van der Waals surface area contributed by atoms with E-state index in [0.29, 0.717) is 5.39 Å². The van der Waals surface area contributed by atoms with Crippen LogP contribution in [0.25, 0.3) is 10.8 Å². The van der Waals surface area contributed by atoms with Crippen LogP contribution in [0, 0.1) is 0 Å². The van der Waals surface area contributed by atoms with Crippen molar-refractivity contribution >= 4 is 26.6 Å². The van der Waals surface area contributed by atoms with Crippen LogP contribution in [0.15, 0.2) is 35.2 Å². The molecule has 0 aromatic heterocycles. The second-order valence-electron chi connectivity index (χ2n) is 3.43. The largest absolute Gasteiger partial charge is 0.506 e. The van der Waals surface area contributed by atoms with Gasteiger partial charge in [0.1, 0.15) is 10.6 Å². The summed E-state index contributed by atoms with van der Waals surface area (Å²) in [6.07, 6.45) is 0. The van der Waals surface area contributed by atoms with E-state index in [4.69, 9.17) is 10.4 Å². The first kappa shape index (κ1) is 11.6. The average molecular weight is 254 g/mol. The Kier molecular flexibility index (Phi) is 2.66. The van der Waals surface area contributed by atoms with E-state index in [1.807, 2.05) is 0 Å². The molecule has 0 unspecified atom stereocenters. The molecule has 0 amide bonds. The molecule has 0 radical (unpaired) electrons. The monoisotopic (exact) mass is 254 g/mol. The molecular formula is C10H10N2O4S. The van der Waals surface area contributed by atoms with Gasteiger partial charge in [0, 0.05) is 16.8 Å². The van der Waals surface area contributed by atoms with Gasteiger partial charge in [-0.05, 0) is 0 Å². The van der Waals surface area contributed by atoms with Gasteiger partial charge in [-0.2, -0.15) is 8.42 Å². The highest BCUT2D eigenvalue weighted by Crippen LogP contribution is 2.36. The normalized spacial score (nSPS) is 11.6. The third kappa shape index (κ3) is 1.91. The molecular weight excluding hydrogens is 244 g/mol. The lowest BCUT2D eigenvalue weighted by molar-refractivity contribution is 0.469. The maximum absolute atomic E-state index is 11.2. The Labute approximate surface area is 97.4 Å². The molecule has 2 aromatic rings. The lowest BCUT2D eigenvalue weighted by Crippen LogP contribution is -2.08. The second kappa shape index (κ2) is 3.88. The van der Waals surface area contributed by atoms with Crippen LogP contribution >= 0.6 is 0 Å². The summed E-state index contributed by atoms with van der Waals surface area (Å²) in [6, 6.07) is 7.33. The van der Waals surface area contributed by atoms with Crippen LogP contribution in [-0.2, 0) is 10.1 Å². The van der Waals surface area contributed by atoms with Crippen molar-refractivity contribution in [1.29, 1.82) is 0 Å². The van der Waals surface area contributed by atoms with E-state index in [2.05, 4.69) is 5.43 Å². The summed E-state index contributed by atoms with van der Waals surface area (Å²) >= 11 is 0. The van der Waals surface area contributed by atoms with Crippen molar-refractivity contribution in [2.75, 3.05) is 5.43 Å². The van der Waals surface area contributed by atoms with E-state index in [-0.39, 0.29) is 21.7 Å². The molecule has 2 rings (SSSR count). The molecule has 0 aliphatic heterocycles. The van der Waals surface area contributed by atoms with E-state index < -0.39 is 10.1 Å². The van der Waals surface area contributed by atoms with E-state index in [1.165, 1.54) is 6.07 Å². The van der Waals surface area contributed by atoms with E-state index in [1.54, 1.807) is 18.2 Å². The van der Waals surface area contributed by atoms with Crippen LogP contribution in [0.4, 0.5) is 5.69 Å². The summed E-state index contributed by atoms with van der Waals surface area (Å²) in [5.41, 5.74) is 2.49. The molecule has 90 valence electrons. The van der Waals surface area contributed by atoms with Crippen molar-refractivity contribution in [2.24, 2.45) is 5.84 Å². The zero-order valence-electron chi connectivity index (χ0n) is 8.58. The summed E-state index contributed by atoms with van der Waals surface area (Å²) < 4.78 is 31.5. The fraction of sp³-hybridized carbons (Fsp3) is 0. The zero-order chi connectivity index (χ0) is 12.6. The Morgan fingerprint density at radius 3 is 2.29 bits per heavy atom. The first-order valence-corrected chi connectivity index (χ1v) is 6.08. The standard InChI is InChI=1S/C10H10N2O4S/c11-12-10-7-4-2-1-3-6(7)9(5-8(10)13)17(14,15)16/h1-5,12-13H,11H2,(H,14,15,16). The predicted molar refractivity (Wildman–Crippen MR) is 63.2 cm³/mol. The first-order valence-electron chi connectivity index (χ1n) is 4.64. The smallest absolute Gasteiger partial charge is 0.295 e. The second-order valence-corrected chi connectivity index (χ2v) is 4.82. The SMILES string of the molecule is NNc1c(O)cc(S(=O)(=O)O)c2ccccc12. The Bertz CT molecular complexity index is 682. The molecule has 0 atom stereocenters. The van der Waals surface area contributed by atoms with Crippen molar-refractivity contribution in [3.05, 3.63) is 30.3 Å². The van der Waals surface area contributed by atoms with Crippen molar-refractivity contribution in [3.8, 4) is 5.75 Å². The first-order chi connectivity index (χ1) is 7.95.